The molecule has 1 aliphatic rings. The maximum Gasteiger partial charge on any atom is 0.300 e. The lowest BCUT2D eigenvalue weighted by molar-refractivity contribution is -0.132. The fraction of sp³-hybridized carbons (Fsp3) is 0.130. The van der Waals surface area contributed by atoms with Crippen LogP contribution in [0, 0.1) is 18.6 Å². The van der Waals surface area contributed by atoms with Crippen molar-refractivity contribution in [2.45, 2.75) is 13.0 Å². The van der Waals surface area contributed by atoms with E-state index in [2.05, 4.69) is 0 Å². The van der Waals surface area contributed by atoms with Crippen LogP contribution >= 0.6 is 11.6 Å². The summed E-state index contributed by atoms with van der Waals surface area (Å²) in [6.07, 6.45) is 1.31. The fourth-order valence-electron chi connectivity index (χ4n) is 3.73. The van der Waals surface area contributed by atoms with Gasteiger partial charge in [0.25, 0.3) is 11.7 Å². The topological polar surface area (TPSA) is 80.0 Å². The van der Waals surface area contributed by atoms with Gasteiger partial charge >= 0.3 is 0 Å². The van der Waals surface area contributed by atoms with Gasteiger partial charge in [0.05, 0.1) is 35.2 Å². The van der Waals surface area contributed by atoms with Gasteiger partial charge in [0.1, 0.15) is 34.9 Å². The number of methoxy groups -OCH3 is 1. The Labute approximate surface area is 186 Å². The lowest BCUT2D eigenvalue weighted by Crippen LogP contribution is -2.30. The third-order valence-electron chi connectivity index (χ3n) is 5.07. The first kappa shape index (κ1) is 21.6. The van der Waals surface area contributed by atoms with Gasteiger partial charge in [0.2, 0.25) is 0 Å². The van der Waals surface area contributed by atoms with Crippen molar-refractivity contribution in [1.29, 1.82) is 0 Å². The lowest BCUT2D eigenvalue weighted by Gasteiger charge is -2.24. The van der Waals surface area contributed by atoms with E-state index in [1.807, 2.05) is 0 Å². The molecule has 0 aliphatic carbocycles. The number of aryl methyl sites for hydroxylation is 1. The Kier molecular flexibility index (Phi) is 5.48. The van der Waals surface area contributed by atoms with Crippen LogP contribution in [0.15, 0.2) is 58.7 Å². The van der Waals surface area contributed by atoms with E-state index in [0.717, 1.165) is 17.0 Å². The number of benzene rings is 2. The minimum absolute atomic E-state index is 0.0756. The Bertz CT molecular complexity index is 1270. The van der Waals surface area contributed by atoms with Crippen molar-refractivity contribution in [2.24, 2.45) is 0 Å². The van der Waals surface area contributed by atoms with Crippen molar-refractivity contribution in [2.75, 3.05) is 12.0 Å². The predicted octanol–water partition coefficient (Wildman–Crippen LogP) is 5.15. The minimum Gasteiger partial charge on any atom is -0.507 e. The molecule has 3 aromatic rings. The van der Waals surface area contributed by atoms with Crippen molar-refractivity contribution in [3.8, 4) is 5.75 Å². The van der Waals surface area contributed by atoms with E-state index in [4.69, 9.17) is 20.8 Å². The number of ketones is 1. The molecule has 1 N–H and O–H groups in total. The molecule has 0 spiro atoms. The van der Waals surface area contributed by atoms with Crippen LogP contribution in [0.2, 0.25) is 5.02 Å². The number of aliphatic hydroxyl groups excluding tert-OH is 1. The maximum atomic E-state index is 14.6. The van der Waals surface area contributed by atoms with Crippen molar-refractivity contribution in [3.63, 3.8) is 0 Å². The smallest absolute Gasteiger partial charge is 0.300 e. The minimum atomic E-state index is -1.31. The number of furan rings is 1. The quantitative estimate of drug-likeness (QED) is 0.331. The summed E-state index contributed by atoms with van der Waals surface area (Å²) < 4.78 is 38.7. The molecule has 0 saturated carbocycles. The SMILES string of the molecule is COc1c(Cl)cc(C)cc1/C(O)=C1/C(=O)C(=O)N(c2ccc(F)cc2F)C1c1ccco1. The van der Waals surface area contributed by atoms with E-state index in [1.54, 1.807) is 13.0 Å². The molecule has 1 saturated heterocycles. The molecule has 1 aromatic heterocycles. The number of nitrogens with zero attached hydrogens (tertiary/aromatic N) is 1. The number of carbonyl (C=O) groups is 2. The van der Waals surface area contributed by atoms with Gasteiger partial charge in [-0.25, -0.2) is 8.78 Å². The first-order valence-corrected chi connectivity index (χ1v) is 9.76. The van der Waals surface area contributed by atoms with Gasteiger partial charge in [-0.15, -0.1) is 0 Å². The number of hydrogen-bond donors (Lipinski definition) is 1. The molecule has 1 atom stereocenters. The summed E-state index contributed by atoms with van der Waals surface area (Å²) in [5.41, 5.74) is 0.0363. The number of hydrogen-bond acceptors (Lipinski definition) is 5. The number of amides is 1. The van der Waals surface area contributed by atoms with Crippen LogP contribution < -0.4 is 9.64 Å². The van der Waals surface area contributed by atoms with Crippen LogP contribution in [0.4, 0.5) is 14.5 Å². The molecule has 164 valence electrons. The van der Waals surface area contributed by atoms with Gasteiger partial charge in [0.15, 0.2) is 0 Å². The van der Waals surface area contributed by atoms with Crippen LogP contribution in [0.5, 0.6) is 5.75 Å². The van der Waals surface area contributed by atoms with Crippen LogP contribution in [0.3, 0.4) is 0 Å². The molecule has 9 heteroatoms. The zero-order valence-electron chi connectivity index (χ0n) is 16.9. The number of halogens is 3. The largest absolute Gasteiger partial charge is 0.507 e. The molecule has 4 rings (SSSR count). The highest BCUT2D eigenvalue weighted by Crippen LogP contribution is 2.45. The van der Waals surface area contributed by atoms with Gasteiger partial charge in [0, 0.05) is 6.07 Å². The molecule has 1 fully saturated rings. The Morgan fingerprint density at radius 1 is 1.19 bits per heavy atom. The maximum absolute atomic E-state index is 14.6. The summed E-state index contributed by atoms with van der Waals surface area (Å²) in [4.78, 5) is 26.8. The Hall–Kier alpha value is -3.65. The Morgan fingerprint density at radius 2 is 1.94 bits per heavy atom. The molecule has 1 aliphatic heterocycles. The zero-order chi connectivity index (χ0) is 23.2. The second kappa shape index (κ2) is 8.12. The normalized spacial score (nSPS) is 17.8. The van der Waals surface area contributed by atoms with Crippen LogP contribution in [0.1, 0.15) is 22.9 Å². The molecule has 1 amide bonds. The molecule has 0 bridgehead atoms. The number of Topliss-reactive ketones (excluding diaryl/α,β-unsaturated/α-hetero) is 1. The summed E-state index contributed by atoms with van der Waals surface area (Å²) in [7, 11) is 1.34. The number of aliphatic hydroxyl groups is 1. The van der Waals surface area contributed by atoms with Crippen molar-refractivity contribution in [1.82, 2.24) is 0 Å². The molecule has 6 nitrogen and oxygen atoms in total. The van der Waals surface area contributed by atoms with E-state index >= 15 is 0 Å². The standard InChI is InChI=1S/C23H16ClF2NO5/c1-11-8-13(22(31-2)14(24)9-11)20(28)18-19(17-4-3-7-32-17)27(23(30)21(18)29)16-6-5-12(25)10-15(16)26/h3-10,19,28H,1-2H3/b20-18-. The Morgan fingerprint density at radius 3 is 2.56 bits per heavy atom. The second-order valence-corrected chi connectivity index (χ2v) is 7.52. The van der Waals surface area contributed by atoms with Gasteiger partial charge in [-0.2, -0.15) is 0 Å². The third kappa shape index (κ3) is 3.42. The van der Waals surface area contributed by atoms with E-state index < -0.39 is 35.1 Å². The van der Waals surface area contributed by atoms with Crippen molar-refractivity contribution < 1.29 is 32.6 Å². The van der Waals surface area contributed by atoms with Crippen LogP contribution in [-0.4, -0.2) is 23.9 Å². The van der Waals surface area contributed by atoms with Gasteiger partial charge in [-0.3, -0.25) is 14.5 Å². The van der Waals surface area contributed by atoms with Gasteiger partial charge in [-0.1, -0.05) is 11.6 Å². The number of rotatable bonds is 4. The summed E-state index contributed by atoms with van der Waals surface area (Å²) in [6.45, 7) is 1.72. The van der Waals surface area contributed by atoms with Crippen LogP contribution in [0.25, 0.3) is 5.76 Å². The van der Waals surface area contributed by atoms with E-state index in [9.17, 15) is 23.5 Å². The molecular weight excluding hydrogens is 444 g/mol. The highest BCUT2D eigenvalue weighted by Gasteiger charge is 2.49. The van der Waals surface area contributed by atoms with Crippen LogP contribution in [-0.2, 0) is 9.59 Å². The third-order valence-corrected chi connectivity index (χ3v) is 5.35. The second-order valence-electron chi connectivity index (χ2n) is 7.11. The number of carbonyl (C=O) groups excluding carboxylic acids is 2. The lowest BCUT2D eigenvalue weighted by atomic mass is 9.97. The Balaban J connectivity index is 2.00. The highest BCUT2D eigenvalue weighted by atomic mass is 35.5. The zero-order valence-corrected chi connectivity index (χ0v) is 17.6. The first-order chi connectivity index (χ1) is 15.2. The summed E-state index contributed by atoms with van der Waals surface area (Å²) >= 11 is 6.22. The first-order valence-electron chi connectivity index (χ1n) is 9.38. The molecule has 32 heavy (non-hydrogen) atoms. The molecule has 2 heterocycles. The predicted molar refractivity (Wildman–Crippen MR) is 113 cm³/mol. The van der Waals surface area contributed by atoms with E-state index in [1.165, 1.54) is 31.6 Å². The van der Waals surface area contributed by atoms with Gasteiger partial charge in [-0.05, 0) is 48.9 Å². The summed E-state index contributed by atoms with van der Waals surface area (Å²) in [5, 5.41) is 11.3. The molecular formula is C23H16ClF2NO5. The monoisotopic (exact) mass is 459 g/mol. The number of anilines is 1. The summed E-state index contributed by atoms with van der Waals surface area (Å²) in [6, 6.07) is 7.40. The van der Waals surface area contributed by atoms with E-state index in [-0.39, 0.29) is 33.4 Å². The number of ether oxygens (including phenoxy) is 1. The molecule has 0 radical (unpaired) electrons. The molecule has 2 aromatic carbocycles. The summed E-state index contributed by atoms with van der Waals surface area (Å²) in [5.74, 6) is -4.49. The van der Waals surface area contributed by atoms with Crippen molar-refractivity contribution >= 4 is 34.7 Å². The average Bonchev–Trinajstić information content (AvgIpc) is 3.35. The molecule has 1 unspecified atom stereocenters. The van der Waals surface area contributed by atoms with E-state index in [0.29, 0.717) is 11.6 Å². The van der Waals surface area contributed by atoms with Gasteiger partial charge < -0.3 is 14.3 Å². The fourth-order valence-corrected chi connectivity index (χ4v) is 4.08. The average molecular weight is 460 g/mol. The highest BCUT2D eigenvalue weighted by molar-refractivity contribution is 6.51. The van der Waals surface area contributed by atoms with Crippen molar-refractivity contribution in [3.05, 3.63) is 87.8 Å².